The third-order valence-electron chi connectivity index (χ3n) is 5.12. The molecule has 1 heterocycles. The van der Waals surface area contributed by atoms with E-state index in [1.807, 2.05) is 50.2 Å². The first kappa shape index (κ1) is 19.6. The number of carbonyl (C=O) groups is 3. The molecule has 1 aliphatic rings. The number of nitrogens with zero attached hydrogens (tertiary/aromatic N) is 1. The summed E-state index contributed by atoms with van der Waals surface area (Å²) >= 11 is 0. The van der Waals surface area contributed by atoms with Crippen LogP contribution in [0.4, 0.5) is 10.5 Å². The third-order valence-corrected chi connectivity index (χ3v) is 5.12. The standard InChI is InChI=1S/C22H25N3O3/c1-4-15-12-9-13-16(5-2)18(15)23-20(26)14(3)25-21(27)19(24-22(25)28)17-10-7-6-8-11-17/h6-14,19H,4-5H2,1-3H3,(H,23,26)(H,24,28). The van der Waals surface area contributed by atoms with E-state index < -0.39 is 24.0 Å². The largest absolute Gasteiger partial charge is 0.325 e. The summed E-state index contributed by atoms with van der Waals surface area (Å²) in [6, 6.07) is 12.7. The summed E-state index contributed by atoms with van der Waals surface area (Å²) in [4.78, 5) is 39.1. The second-order valence-electron chi connectivity index (χ2n) is 6.83. The number of amides is 4. The van der Waals surface area contributed by atoms with Crippen molar-refractivity contribution in [1.82, 2.24) is 10.2 Å². The van der Waals surface area contributed by atoms with Gasteiger partial charge in [0.1, 0.15) is 12.1 Å². The van der Waals surface area contributed by atoms with Gasteiger partial charge >= 0.3 is 6.03 Å². The van der Waals surface area contributed by atoms with Gasteiger partial charge in [0.15, 0.2) is 0 Å². The van der Waals surface area contributed by atoms with Gasteiger partial charge in [0.05, 0.1) is 0 Å². The average molecular weight is 379 g/mol. The lowest BCUT2D eigenvalue weighted by atomic mass is 10.0. The number of anilines is 1. The molecule has 1 aliphatic heterocycles. The van der Waals surface area contributed by atoms with E-state index in [1.165, 1.54) is 0 Å². The number of benzene rings is 2. The quantitative estimate of drug-likeness (QED) is 0.755. The minimum Gasteiger partial charge on any atom is -0.324 e. The summed E-state index contributed by atoms with van der Waals surface area (Å²) in [7, 11) is 0. The molecule has 2 N–H and O–H groups in total. The predicted molar refractivity (Wildman–Crippen MR) is 108 cm³/mol. The molecule has 6 nitrogen and oxygen atoms in total. The molecule has 0 saturated carbocycles. The molecule has 3 rings (SSSR count). The molecule has 2 aromatic rings. The van der Waals surface area contributed by atoms with Gasteiger partial charge in [-0.2, -0.15) is 0 Å². The van der Waals surface area contributed by atoms with Crippen LogP contribution in [0.2, 0.25) is 0 Å². The summed E-state index contributed by atoms with van der Waals surface area (Å²) in [6.45, 7) is 5.62. The van der Waals surface area contributed by atoms with Gasteiger partial charge in [-0.25, -0.2) is 9.69 Å². The van der Waals surface area contributed by atoms with Gasteiger partial charge < -0.3 is 10.6 Å². The molecule has 6 heteroatoms. The molecule has 1 saturated heterocycles. The number of hydrogen-bond acceptors (Lipinski definition) is 3. The van der Waals surface area contributed by atoms with E-state index in [-0.39, 0.29) is 5.91 Å². The van der Waals surface area contributed by atoms with Crippen molar-refractivity contribution in [2.24, 2.45) is 0 Å². The Morgan fingerprint density at radius 1 is 1.04 bits per heavy atom. The minimum absolute atomic E-state index is 0.382. The van der Waals surface area contributed by atoms with E-state index in [0.717, 1.165) is 34.6 Å². The van der Waals surface area contributed by atoms with Crippen LogP contribution in [0.3, 0.4) is 0 Å². The number of urea groups is 1. The molecule has 0 spiro atoms. The fourth-order valence-corrected chi connectivity index (χ4v) is 3.48. The zero-order chi connectivity index (χ0) is 20.3. The van der Waals surface area contributed by atoms with Crippen molar-refractivity contribution >= 4 is 23.5 Å². The molecule has 0 aliphatic carbocycles. The lowest BCUT2D eigenvalue weighted by molar-refractivity contribution is -0.133. The second kappa shape index (κ2) is 8.25. The smallest absolute Gasteiger partial charge is 0.324 e. The number of hydrogen-bond donors (Lipinski definition) is 2. The Morgan fingerprint density at radius 3 is 2.21 bits per heavy atom. The SMILES string of the molecule is CCc1cccc(CC)c1NC(=O)C(C)N1C(=O)NC(c2ccccc2)C1=O. The maximum atomic E-state index is 12.9. The van der Waals surface area contributed by atoms with Gasteiger partial charge in [0, 0.05) is 5.69 Å². The van der Waals surface area contributed by atoms with Gasteiger partial charge in [0.25, 0.3) is 5.91 Å². The van der Waals surface area contributed by atoms with Gasteiger partial charge in [-0.05, 0) is 36.5 Å². The third kappa shape index (κ3) is 3.63. The van der Waals surface area contributed by atoms with E-state index in [0.29, 0.717) is 5.56 Å². The molecular weight excluding hydrogens is 354 g/mol. The van der Waals surface area contributed by atoms with Crippen LogP contribution in [0.1, 0.15) is 43.5 Å². The normalized spacial score (nSPS) is 17.4. The van der Waals surface area contributed by atoms with Crippen molar-refractivity contribution in [3.8, 4) is 0 Å². The van der Waals surface area contributed by atoms with E-state index in [2.05, 4.69) is 10.6 Å². The summed E-state index contributed by atoms with van der Waals surface area (Å²) < 4.78 is 0. The van der Waals surface area contributed by atoms with Crippen LogP contribution in [0.5, 0.6) is 0 Å². The highest BCUT2D eigenvalue weighted by atomic mass is 16.2. The molecule has 0 aromatic heterocycles. The Balaban J connectivity index is 1.81. The van der Waals surface area contributed by atoms with Crippen LogP contribution in [-0.2, 0) is 22.4 Å². The average Bonchev–Trinajstić information content (AvgIpc) is 3.02. The molecule has 2 atom stereocenters. The number of carbonyl (C=O) groups excluding carboxylic acids is 3. The minimum atomic E-state index is -0.921. The Bertz CT molecular complexity index is 873. The summed E-state index contributed by atoms with van der Waals surface area (Å²) in [5.74, 6) is -0.800. The van der Waals surface area contributed by atoms with Crippen molar-refractivity contribution in [1.29, 1.82) is 0 Å². The van der Waals surface area contributed by atoms with Crippen LogP contribution < -0.4 is 10.6 Å². The first-order chi connectivity index (χ1) is 13.5. The number of rotatable bonds is 6. The molecule has 2 unspecified atom stereocenters. The van der Waals surface area contributed by atoms with Crippen molar-refractivity contribution < 1.29 is 14.4 Å². The van der Waals surface area contributed by atoms with Crippen molar-refractivity contribution in [3.63, 3.8) is 0 Å². The Kier molecular flexibility index (Phi) is 5.78. The van der Waals surface area contributed by atoms with Crippen molar-refractivity contribution in [2.45, 2.75) is 45.7 Å². The fourth-order valence-electron chi connectivity index (χ4n) is 3.48. The van der Waals surface area contributed by atoms with Crippen LogP contribution in [0.25, 0.3) is 0 Å². The zero-order valence-electron chi connectivity index (χ0n) is 16.4. The first-order valence-corrected chi connectivity index (χ1v) is 9.58. The Labute approximate surface area is 164 Å². The molecule has 0 bridgehead atoms. The first-order valence-electron chi connectivity index (χ1n) is 9.58. The molecule has 2 aromatic carbocycles. The topological polar surface area (TPSA) is 78.5 Å². The van der Waals surface area contributed by atoms with Crippen LogP contribution >= 0.6 is 0 Å². The second-order valence-corrected chi connectivity index (χ2v) is 6.83. The number of para-hydroxylation sites is 1. The maximum absolute atomic E-state index is 12.9. The van der Waals surface area contributed by atoms with Crippen molar-refractivity contribution in [2.75, 3.05) is 5.32 Å². The Hall–Kier alpha value is -3.15. The summed E-state index contributed by atoms with van der Waals surface area (Å²) in [6.07, 6.45) is 1.55. The number of aryl methyl sites for hydroxylation is 2. The van der Waals surface area contributed by atoms with E-state index in [1.54, 1.807) is 19.1 Å². The fraction of sp³-hybridized carbons (Fsp3) is 0.318. The van der Waals surface area contributed by atoms with Crippen LogP contribution in [0, 0.1) is 0 Å². The van der Waals surface area contributed by atoms with Crippen LogP contribution in [0.15, 0.2) is 48.5 Å². The Morgan fingerprint density at radius 2 is 1.64 bits per heavy atom. The molecule has 0 radical (unpaired) electrons. The lowest BCUT2D eigenvalue weighted by Gasteiger charge is -2.22. The monoisotopic (exact) mass is 379 g/mol. The molecule has 146 valence electrons. The molecule has 1 fully saturated rings. The highest BCUT2D eigenvalue weighted by Crippen LogP contribution is 2.26. The zero-order valence-corrected chi connectivity index (χ0v) is 16.4. The highest BCUT2D eigenvalue weighted by molar-refractivity contribution is 6.09. The highest BCUT2D eigenvalue weighted by Gasteiger charge is 2.43. The van der Waals surface area contributed by atoms with E-state index in [4.69, 9.17) is 0 Å². The lowest BCUT2D eigenvalue weighted by Crippen LogP contribution is -2.46. The van der Waals surface area contributed by atoms with Gasteiger partial charge in [-0.1, -0.05) is 62.4 Å². The molecule has 4 amide bonds. The van der Waals surface area contributed by atoms with E-state index >= 15 is 0 Å². The van der Waals surface area contributed by atoms with Crippen molar-refractivity contribution in [3.05, 3.63) is 65.2 Å². The molecular formula is C22H25N3O3. The summed E-state index contributed by atoms with van der Waals surface area (Å²) in [5.41, 5.74) is 3.52. The van der Waals surface area contributed by atoms with E-state index in [9.17, 15) is 14.4 Å². The predicted octanol–water partition coefficient (Wildman–Crippen LogP) is 3.43. The van der Waals surface area contributed by atoms with Crippen LogP contribution in [-0.4, -0.2) is 28.8 Å². The van der Waals surface area contributed by atoms with Gasteiger partial charge in [0.2, 0.25) is 5.91 Å². The summed E-state index contributed by atoms with van der Waals surface area (Å²) in [5, 5.41) is 5.61. The van der Waals surface area contributed by atoms with Gasteiger partial charge in [-0.3, -0.25) is 9.59 Å². The maximum Gasteiger partial charge on any atom is 0.325 e. The number of imide groups is 1. The number of nitrogens with one attached hydrogen (secondary N) is 2. The van der Waals surface area contributed by atoms with Gasteiger partial charge in [-0.15, -0.1) is 0 Å². The molecule has 28 heavy (non-hydrogen) atoms.